The van der Waals surface area contributed by atoms with Crippen molar-refractivity contribution in [3.8, 4) is 0 Å². The number of hydrogen-bond acceptors (Lipinski definition) is 4. The molecular formula is C19H27N2O2S+. The second-order valence-electron chi connectivity index (χ2n) is 6.85. The van der Waals surface area contributed by atoms with E-state index in [4.69, 9.17) is 10.1 Å². The molecule has 1 atom stereocenters. The summed E-state index contributed by atoms with van der Waals surface area (Å²) >= 11 is 1.68. The molecule has 0 saturated carbocycles. The van der Waals surface area contributed by atoms with Crippen molar-refractivity contribution in [3.05, 3.63) is 40.1 Å². The van der Waals surface area contributed by atoms with E-state index in [1.54, 1.807) is 17.4 Å². The molecule has 2 heterocycles. The quantitative estimate of drug-likeness (QED) is 0.336. The average molecular weight is 348 g/mol. The van der Waals surface area contributed by atoms with Crippen LogP contribution in [0.4, 0.5) is 0 Å². The van der Waals surface area contributed by atoms with Crippen molar-refractivity contribution in [2.45, 2.75) is 31.8 Å². The molecule has 0 aliphatic carbocycles. The van der Waals surface area contributed by atoms with Crippen LogP contribution < -0.4 is 0 Å². The number of thiophene rings is 1. The van der Waals surface area contributed by atoms with Crippen LogP contribution in [-0.2, 0) is 9.53 Å². The highest BCUT2D eigenvalue weighted by Gasteiger charge is 2.33. The van der Waals surface area contributed by atoms with Crippen LogP contribution in [0.1, 0.15) is 30.6 Å². The number of likely N-dealkylation sites (N-methyl/N-ethyl adjacent to an activating group) is 1. The Morgan fingerprint density at radius 1 is 1.46 bits per heavy atom. The number of rotatable bonds is 8. The SMILES string of the molecule is C[N+]1(C)CC[C@@H](OC(=O)CCCC(/C=C/c2cccs2)=C\C=N)C1. The molecule has 1 aliphatic heterocycles. The van der Waals surface area contributed by atoms with Crippen LogP contribution in [0.2, 0.25) is 0 Å². The summed E-state index contributed by atoms with van der Waals surface area (Å²) in [7, 11) is 4.34. The second-order valence-corrected chi connectivity index (χ2v) is 7.83. The number of likely N-dealkylation sites (tertiary alicyclic amines) is 1. The molecule has 1 N–H and O–H groups in total. The molecule has 0 amide bonds. The van der Waals surface area contributed by atoms with Crippen molar-refractivity contribution in [2.75, 3.05) is 27.2 Å². The lowest BCUT2D eigenvalue weighted by Crippen LogP contribution is -2.38. The van der Waals surface area contributed by atoms with Crippen molar-refractivity contribution >= 4 is 29.6 Å². The number of nitrogens with one attached hydrogen (secondary N) is 1. The molecule has 0 aromatic carbocycles. The number of carbonyl (C=O) groups is 1. The van der Waals surface area contributed by atoms with Gasteiger partial charge in [-0.1, -0.05) is 12.1 Å². The molecule has 1 aromatic rings. The molecule has 1 aliphatic rings. The van der Waals surface area contributed by atoms with Crippen LogP contribution in [0, 0.1) is 5.41 Å². The zero-order valence-electron chi connectivity index (χ0n) is 14.5. The zero-order chi connectivity index (χ0) is 17.4. The summed E-state index contributed by atoms with van der Waals surface area (Å²) < 4.78 is 6.50. The van der Waals surface area contributed by atoms with Gasteiger partial charge in [0.05, 0.1) is 20.6 Å². The van der Waals surface area contributed by atoms with E-state index < -0.39 is 0 Å². The van der Waals surface area contributed by atoms with Gasteiger partial charge in [0, 0.05) is 23.9 Å². The third-order valence-electron chi connectivity index (χ3n) is 4.20. The van der Waals surface area contributed by atoms with Crippen molar-refractivity contribution in [1.29, 1.82) is 5.41 Å². The van der Waals surface area contributed by atoms with E-state index >= 15 is 0 Å². The zero-order valence-corrected chi connectivity index (χ0v) is 15.3. The average Bonchev–Trinajstić information content (AvgIpc) is 3.14. The summed E-state index contributed by atoms with van der Waals surface area (Å²) in [5, 5.41) is 9.31. The van der Waals surface area contributed by atoms with E-state index in [2.05, 4.69) is 26.2 Å². The summed E-state index contributed by atoms with van der Waals surface area (Å²) in [6.07, 6.45) is 10.2. The van der Waals surface area contributed by atoms with E-state index in [0.717, 1.165) is 42.4 Å². The summed E-state index contributed by atoms with van der Waals surface area (Å²) in [6.45, 7) is 1.98. The number of esters is 1. The summed E-state index contributed by atoms with van der Waals surface area (Å²) in [5.74, 6) is -0.0988. The first-order valence-corrected chi connectivity index (χ1v) is 9.29. The topological polar surface area (TPSA) is 50.2 Å². The molecule has 0 unspecified atom stereocenters. The molecule has 5 heteroatoms. The number of hydrogen-bond donors (Lipinski definition) is 1. The van der Waals surface area contributed by atoms with Gasteiger partial charge in [-0.15, -0.1) is 11.3 Å². The lowest BCUT2D eigenvalue weighted by Gasteiger charge is -2.22. The fraction of sp³-hybridized carbons (Fsp3) is 0.474. The van der Waals surface area contributed by atoms with Crippen molar-refractivity contribution < 1.29 is 14.0 Å². The van der Waals surface area contributed by atoms with Crippen LogP contribution in [-0.4, -0.2) is 50.0 Å². The van der Waals surface area contributed by atoms with Gasteiger partial charge >= 0.3 is 5.97 Å². The Balaban J connectivity index is 1.73. The minimum atomic E-state index is -0.0988. The lowest BCUT2D eigenvalue weighted by molar-refractivity contribution is -0.879. The summed E-state index contributed by atoms with van der Waals surface area (Å²) in [4.78, 5) is 13.2. The van der Waals surface area contributed by atoms with Crippen molar-refractivity contribution in [1.82, 2.24) is 0 Å². The van der Waals surface area contributed by atoms with Gasteiger partial charge in [-0.3, -0.25) is 4.79 Å². The molecule has 4 nitrogen and oxygen atoms in total. The highest BCUT2D eigenvalue weighted by molar-refractivity contribution is 7.10. The molecule has 1 aromatic heterocycles. The number of nitrogens with zero attached hydrogens (tertiary/aromatic N) is 1. The van der Waals surface area contributed by atoms with E-state index in [0.29, 0.717) is 6.42 Å². The van der Waals surface area contributed by atoms with Crippen molar-refractivity contribution in [2.24, 2.45) is 0 Å². The maximum atomic E-state index is 12.0. The maximum Gasteiger partial charge on any atom is 0.306 e. The van der Waals surface area contributed by atoms with Crippen molar-refractivity contribution in [3.63, 3.8) is 0 Å². The lowest BCUT2D eigenvalue weighted by atomic mass is 10.1. The molecular weight excluding hydrogens is 320 g/mol. The highest BCUT2D eigenvalue weighted by Crippen LogP contribution is 2.19. The first-order valence-electron chi connectivity index (χ1n) is 8.41. The minimum Gasteiger partial charge on any atom is -0.456 e. The van der Waals surface area contributed by atoms with Crippen LogP contribution in [0.15, 0.2) is 35.2 Å². The van der Waals surface area contributed by atoms with Crippen LogP contribution in [0.5, 0.6) is 0 Å². The van der Waals surface area contributed by atoms with Gasteiger partial charge < -0.3 is 14.6 Å². The van der Waals surface area contributed by atoms with Gasteiger partial charge in [0.2, 0.25) is 0 Å². The number of allylic oxidation sites excluding steroid dienone is 3. The van der Waals surface area contributed by atoms with E-state index in [-0.39, 0.29) is 12.1 Å². The first kappa shape index (κ1) is 18.6. The smallest absolute Gasteiger partial charge is 0.306 e. The van der Waals surface area contributed by atoms with Gasteiger partial charge in [0.1, 0.15) is 6.54 Å². The molecule has 24 heavy (non-hydrogen) atoms. The van der Waals surface area contributed by atoms with E-state index in [1.807, 2.05) is 17.5 Å². The maximum absolute atomic E-state index is 12.0. The normalized spacial score (nSPS) is 20.4. The Labute approximate surface area is 148 Å². The van der Waals surface area contributed by atoms with Gasteiger partial charge in [-0.05, 0) is 42.0 Å². The first-order chi connectivity index (χ1) is 11.5. The standard InChI is InChI=1S/C19H27N2O2S/c1-21(2)13-11-17(15-21)23-19(22)7-3-5-16(10-12-20)8-9-18-6-4-14-24-18/h4,6,8-10,12,14,17,20H,3,5,7,11,13,15H2,1-2H3/q+1/b9-8+,16-10+,20-12?/t17-/m1/s1. The Morgan fingerprint density at radius 2 is 2.29 bits per heavy atom. The predicted molar refractivity (Wildman–Crippen MR) is 100 cm³/mol. The van der Waals surface area contributed by atoms with E-state index in [9.17, 15) is 4.79 Å². The van der Waals surface area contributed by atoms with Gasteiger partial charge in [0.15, 0.2) is 6.10 Å². The molecule has 1 fully saturated rings. The summed E-state index contributed by atoms with van der Waals surface area (Å²) in [6, 6.07) is 4.07. The Bertz CT molecular complexity index is 603. The summed E-state index contributed by atoms with van der Waals surface area (Å²) in [5.41, 5.74) is 1.06. The third-order valence-corrected chi connectivity index (χ3v) is 5.04. The van der Waals surface area contributed by atoms with Gasteiger partial charge in [-0.25, -0.2) is 0 Å². The fourth-order valence-corrected chi connectivity index (χ4v) is 3.53. The van der Waals surface area contributed by atoms with Crippen LogP contribution in [0.25, 0.3) is 6.08 Å². The second kappa shape index (κ2) is 8.94. The third kappa shape index (κ3) is 6.42. The Hall–Kier alpha value is -1.72. The number of carbonyl (C=O) groups excluding carboxylic acids is 1. The molecule has 0 bridgehead atoms. The molecule has 1 saturated heterocycles. The Kier molecular flexibility index (Phi) is 6.94. The highest BCUT2D eigenvalue weighted by atomic mass is 32.1. The van der Waals surface area contributed by atoms with Gasteiger partial charge in [0.25, 0.3) is 0 Å². The van der Waals surface area contributed by atoms with Gasteiger partial charge in [-0.2, -0.15) is 0 Å². The predicted octanol–water partition coefficient (Wildman–Crippen LogP) is 3.90. The molecule has 0 spiro atoms. The molecule has 130 valence electrons. The fourth-order valence-electron chi connectivity index (χ4n) is 2.91. The number of quaternary nitrogens is 1. The van der Waals surface area contributed by atoms with E-state index in [1.165, 1.54) is 11.1 Å². The number of ether oxygens (including phenoxy) is 1. The monoisotopic (exact) mass is 347 g/mol. The Morgan fingerprint density at radius 3 is 2.92 bits per heavy atom. The molecule has 2 rings (SSSR count). The molecule has 0 radical (unpaired) electrons. The largest absolute Gasteiger partial charge is 0.456 e. The van der Waals surface area contributed by atoms with Crippen LogP contribution in [0.3, 0.4) is 0 Å². The minimum absolute atomic E-state index is 0.0720. The van der Waals surface area contributed by atoms with Crippen LogP contribution >= 0.6 is 11.3 Å².